The van der Waals surface area contributed by atoms with Crippen LogP contribution in [0.5, 0.6) is 0 Å². The Morgan fingerprint density at radius 3 is 1.89 bits per heavy atom. The minimum atomic E-state index is -0.161. The molecule has 0 fully saturated rings. The van der Waals surface area contributed by atoms with Crippen LogP contribution in [0.25, 0.3) is 69.9 Å². The van der Waals surface area contributed by atoms with Crippen molar-refractivity contribution in [1.29, 1.82) is 0 Å². The fourth-order valence-electron chi connectivity index (χ4n) is 12.8. The molecule has 0 atom stereocenters. The minimum absolute atomic E-state index is 0.0170. The van der Waals surface area contributed by atoms with Crippen molar-refractivity contribution in [2.75, 3.05) is 4.81 Å². The van der Waals surface area contributed by atoms with Crippen molar-refractivity contribution in [3.05, 3.63) is 149 Å². The van der Waals surface area contributed by atoms with Gasteiger partial charge >= 0.3 is 6.85 Å². The van der Waals surface area contributed by atoms with E-state index in [0.29, 0.717) is 0 Å². The second kappa shape index (κ2) is 12.4. The van der Waals surface area contributed by atoms with Gasteiger partial charge in [-0.15, -0.1) is 11.3 Å². The first-order valence-electron chi connectivity index (χ1n) is 24.1. The highest BCUT2D eigenvalue weighted by atomic mass is 32.1. The quantitative estimate of drug-likeness (QED) is 0.149. The van der Waals surface area contributed by atoms with E-state index in [9.17, 15) is 0 Å². The molecule has 4 heteroatoms. The molecule has 65 heavy (non-hydrogen) atoms. The van der Waals surface area contributed by atoms with Crippen molar-refractivity contribution in [1.82, 2.24) is 4.57 Å². The van der Waals surface area contributed by atoms with E-state index in [1.807, 2.05) is 11.3 Å². The normalized spacial score (nSPS) is 17.4. The number of fused-ring (bicyclic) bond motifs is 15. The van der Waals surface area contributed by atoms with E-state index in [1.165, 1.54) is 133 Å². The molecule has 322 valence electrons. The van der Waals surface area contributed by atoms with Crippen molar-refractivity contribution in [3.63, 3.8) is 0 Å². The average molecular weight is 863 g/mol. The summed E-state index contributed by atoms with van der Waals surface area (Å²) >= 11 is 1.92. The lowest BCUT2D eigenvalue weighted by Crippen LogP contribution is -2.60. The molecule has 7 aromatic carbocycles. The first-order valence-corrected chi connectivity index (χ1v) is 24.9. The summed E-state index contributed by atoms with van der Waals surface area (Å²) in [4.78, 5) is 2.75. The van der Waals surface area contributed by atoms with Crippen molar-refractivity contribution in [2.45, 2.75) is 123 Å². The Bertz CT molecular complexity index is 3600. The molecule has 0 unspecified atom stereocenters. The van der Waals surface area contributed by atoms with Gasteiger partial charge in [0, 0.05) is 59.0 Å². The maximum absolute atomic E-state index is 2.75. The minimum Gasteiger partial charge on any atom is -0.376 e. The molecular formula is C61H59BN2S. The third kappa shape index (κ3) is 5.24. The number of thiophene rings is 1. The SMILES string of the molecule is CC(C)(C)c1ccc(N2B3c4cc(C(C)(C)C)ccc4-n4c5cc6sc7ccccc7c6cc5c5ccc(c3c54)-c3cc4c(cc32)C(C)(C)c2cc3c(cc2-4)C(C)(C)CCC3(C)C)cc1. The zero-order valence-electron chi connectivity index (χ0n) is 40.3. The Morgan fingerprint density at radius 2 is 1.17 bits per heavy atom. The Balaban J connectivity index is 1.16. The van der Waals surface area contributed by atoms with Gasteiger partial charge in [0.1, 0.15) is 0 Å². The van der Waals surface area contributed by atoms with E-state index in [0.717, 1.165) is 0 Å². The Labute approximate surface area is 389 Å². The summed E-state index contributed by atoms with van der Waals surface area (Å²) in [5.41, 5.74) is 23.7. The summed E-state index contributed by atoms with van der Waals surface area (Å²) in [7, 11) is 0. The van der Waals surface area contributed by atoms with Gasteiger partial charge in [-0.25, -0.2) is 0 Å². The molecule has 0 saturated carbocycles. The largest absolute Gasteiger partial charge is 0.376 e. The molecule has 0 saturated heterocycles. The number of hydrogen-bond donors (Lipinski definition) is 0. The smallest absolute Gasteiger partial charge is 0.333 e. The van der Waals surface area contributed by atoms with E-state index < -0.39 is 0 Å². The molecule has 0 radical (unpaired) electrons. The van der Waals surface area contributed by atoms with E-state index in [1.54, 1.807) is 5.56 Å². The maximum atomic E-state index is 2.75. The zero-order chi connectivity index (χ0) is 45.1. The third-order valence-corrected chi connectivity index (χ3v) is 17.9. The van der Waals surface area contributed by atoms with Crippen LogP contribution < -0.4 is 15.7 Å². The Hall–Kier alpha value is -5.58. The van der Waals surface area contributed by atoms with Crippen LogP contribution in [0.15, 0.2) is 115 Å². The summed E-state index contributed by atoms with van der Waals surface area (Å²) in [6, 6.07) is 46.4. The fraction of sp³-hybridized carbons (Fsp3) is 0.311. The number of benzene rings is 7. The predicted molar refractivity (Wildman–Crippen MR) is 283 cm³/mol. The van der Waals surface area contributed by atoms with Crippen LogP contribution in [-0.4, -0.2) is 11.4 Å². The summed E-state index contributed by atoms with van der Waals surface area (Å²) < 4.78 is 5.35. The summed E-state index contributed by atoms with van der Waals surface area (Å²) in [5, 5.41) is 5.37. The topological polar surface area (TPSA) is 8.17 Å². The van der Waals surface area contributed by atoms with Crippen molar-refractivity contribution >= 4 is 82.5 Å². The van der Waals surface area contributed by atoms with Gasteiger partial charge in [0.05, 0.1) is 11.0 Å². The second-order valence-corrected chi connectivity index (χ2v) is 25.1. The monoisotopic (exact) mass is 862 g/mol. The molecule has 2 aliphatic carbocycles. The molecule has 2 nitrogen and oxygen atoms in total. The van der Waals surface area contributed by atoms with Crippen LogP contribution in [-0.2, 0) is 27.1 Å². The van der Waals surface area contributed by atoms with Crippen LogP contribution in [0, 0.1) is 0 Å². The summed E-state index contributed by atoms with van der Waals surface area (Å²) in [6.45, 7) is 28.9. The predicted octanol–water partition coefficient (Wildman–Crippen LogP) is 15.6. The Morgan fingerprint density at radius 1 is 0.508 bits per heavy atom. The van der Waals surface area contributed by atoms with Gasteiger partial charge in [-0.1, -0.05) is 144 Å². The zero-order valence-corrected chi connectivity index (χ0v) is 41.1. The number of aromatic nitrogens is 1. The lowest BCUT2D eigenvalue weighted by molar-refractivity contribution is 0.331. The van der Waals surface area contributed by atoms with Crippen LogP contribution in [0.3, 0.4) is 0 Å². The highest BCUT2D eigenvalue weighted by Crippen LogP contribution is 2.58. The molecule has 2 aliphatic heterocycles. The molecule has 2 aromatic heterocycles. The highest BCUT2D eigenvalue weighted by molar-refractivity contribution is 7.25. The first kappa shape index (κ1) is 39.8. The Kier molecular flexibility index (Phi) is 7.61. The summed E-state index contributed by atoms with van der Waals surface area (Å²) in [6.07, 6.45) is 2.42. The lowest BCUT2D eigenvalue weighted by Gasteiger charge is -2.43. The van der Waals surface area contributed by atoms with Gasteiger partial charge in [0.2, 0.25) is 0 Å². The van der Waals surface area contributed by atoms with Crippen molar-refractivity contribution in [3.8, 4) is 27.9 Å². The van der Waals surface area contributed by atoms with E-state index in [2.05, 4.69) is 208 Å². The van der Waals surface area contributed by atoms with Gasteiger partial charge < -0.3 is 9.38 Å². The first-order chi connectivity index (χ1) is 30.7. The molecule has 13 rings (SSSR count). The van der Waals surface area contributed by atoms with E-state index in [4.69, 9.17) is 0 Å². The third-order valence-electron chi connectivity index (χ3n) is 16.8. The van der Waals surface area contributed by atoms with Crippen LogP contribution in [0.1, 0.15) is 129 Å². The van der Waals surface area contributed by atoms with Crippen LogP contribution in [0.2, 0.25) is 0 Å². The second-order valence-electron chi connectivity index (χ2n) is 24.1. The average Bonchev–Trinajstić information content (AvgIpc) is 3.86. The molecular weight excluding hydrogens is 804 g/mol. The van der Waals surface area contributed by atoms with Gasteiger partial charge in [0.15, 0.2) is 0 Å². The van der Waals surface area contributed by atoms with Gasteiger partial charge in [-0.3, -0.25) is 0 Å². The van der Waals surface area contributed by atoms with Crippen molar-refractivity contribution in [2.24, 2.45) is 0 Å². The van der Waals surface area contributed by atoms with E-state index in [-0.39, 0.29) is 33.9 Å². The maximum Gasteiger partial charge on any atom is 0.333 e. The number of hydrogen-bond acceptors (Lipinski definition) is 2. The van der Waals surface area contributed by atoms with Crippen LogP contribution in [0.4, 0.5) is 11.4 Å². The molecule has 0 spiro atoms. The highest BCUT2D eigenvalue weighted by Gasteiger charge is 2.48. The molecule has 4 aliphatic rings. The lowest BCUT2D eigenvalue weighted by atomic mass is 9.43. The van der Waals surface area contributed by atoms with Gasteiger partial charge in [0.25, 0.3) is 0 Å². The molecule has 9 aromatic rings. The number of anilines is 2. The standard InChI is InChI=1S/C61H59BN2S/c1-57(2,3)34-17-20-36(21-18-34)64-52-32-46-40(41-30-47-48(31-45(41)61(46,11)12)60(9,10)26-25-59(47,7)8)28-42(52)38-22-23-39-43-29-44-37-15-13-14-16-53(37)65-54(44)33-51(43)63-50-24-19-35(58(4,5)6)27-49(50)62(64)55(38)56(39)63/h13-24,27-33H,25-26H2,1-12H3. The molecule has 0 amide bonds. The van der Waals surface area contributed by atoms with Crippen molar-refractivity contribution < 1.29 is 0 Å². The summed E-state index contributed by atoms with van der Waals surface area (Å²) in [5.74, 6) is 0. The van der Waals surface area contributed by atoms with Gasteiger partial charge in [-0.05, 0) is 150 Å². The molecule has 4 heterocycles. The van der Waals surface area contributed by atoms with Crippen LogP contribution >= 0.6 is 11.3 Å². The fourth-order valence-corrected chi connectivity index (χ4v) is 13.9. The molecule has 0 N–H and O–H groups in total. The number of rotatable bonds is 1. The number of nitrogens with zero attached hydrogens (tertiary/aromatic N) is 2. The molecule has 0 bridgehead atoms. The van der Waals surface area contributed by atoms with E-state index >= 15 is 0 Å². The van der Waals surface area contributed by atoms with Gasteiger partial charge in [-0.2, -0.15) is 0 Å².